The minimum atomic E-state index is -0.849. The molecule has 2 aromatic rings. The number of benzene rings is 1. The van der Waals surface area contributed by atoms with Crippen LogP contribution in [0.4, 0.5) is 0 Å². The summed E-state index contributed by atoms with van der Waals surface area (Å²) in [5.74, 6) is -0.807. The first-order valence-electron chi connectivity index (χ1n) is 9.70. The van der Waals surface area contributed by atoms with Gasteiger partial charge in [-0.3, -0.25) is 9.59 Å². The third-order valence-electron chi connectivity index (χ3n) is 5.06. The summed E-state index contributed by atoms with van der Waals surface area (Å²) >= 11 is 0. The van der Waals surface area contributed by atoms with Crippen LogP contribution in [0.25, 0.3) is 5.76 Å². The molecule has 160 valence electrons. The van der Waals surface area contributed by atoms with Crippen molar-refractivity contribution in [2.75, 3.05) is 41.4 Å². The van der Waals surface area contributed by atoms with Gasteiger partial charge in [0.2, 0.25) is 5.78 Å². The van der Waals surface area contributed by atoms with Crippen LogP contribution in [0.15, 0.2) is 46.6 Å². The molecule has 0 bridgehead atoms. The summed E-state index contributed by atoms with van der Waals surface area (Å²) in [4.78, 5) is 28.3. The quantitative estimate of drug-likeness (QED) is 0.373. The normalized spacial score (nSPS) is 18.3. The number of amides is 1. The lowest BCUT2D eigenvalue weighted by Crippen LogP contribution is -3.05. The molecule has 3 rings (SSSR count). The first kappa shape index (κ1) is 21.4. The number of rotatable bonds is 8. The molecule has 1 fully saturated rings. The number of furan rings is 1. The molecule has 0 aliphatic carbocycles. The first-order valence-corrected chi connectivity index (χ1v) is 9.70. The molecule has 1 aromatic carbocycles. The Morgan fingerprint density at radius 2 is 1.90 bits per heavy atom. The molecule has 1 saturated heterocycles. The Kier molecular flexibility index (Phi) is 6.47. The van der Waals surface area contributed by atoms with E-state index in [9.17, 15) is 14.7 Å². The van der Waals surface area contributed by atoms with Crippen molar-refractivity contribution >= 4 is 17.4 Å². The molecule has 1 unspecified atom stereocenters. The topological polar surface area (TPSA) is 96.5 Å². The van der Waals surface area contributed by atoms with Gasteiger partial charge in [0.15, 0.2) is 11.5 Å². The summed E-state index contributed by atoms with van der Waals surface area (Å²) in [6, 6.07) is 7.13. The Morgan fingerprint density at radius 1 is 1.17 bits per heavy atom. The number of ether oxygens (including phenoxy) is 2. The molecule has 1 aliphatic heterocycles. The maximum atomic E-state index is 13.3. The standard InChI is InChI=1S/C22H26N2O6/c1-23(2)10-6-11-24-19(16-7-5-12-30-16)18(21(26)22(24)27)20(25)14-8-9-15(28-3)17(13-14)29-4/h5,7-9,12-13,19,25H,6,10-11H2,1-4H3. The maximum Gasteiger partial charge on any atom is 0.295 e. The molecule has 1 atom stereocenters. The second-order valence-corrected chi connectivity index (χ2v) is 7.37. The van der Waals surface area contributed by atoms with Gasteiger partial charge in [0.1, 0.15) is 11.8 Å². The van der Waals surface area contributed by atoms with Gasteiger partial charge >= 0.3 is 0 Å². The van der Waals surface area contributed by atoms with E-state index in [1.165, 1.54) is 36.3 Å². The highest BCUT2D eigenvalue weighted by atomic mass is 16.5. The lowest BCUT2D eigenvalue weighted by atomic mass is 9.99. The van der Waals surface area contributed by atoms with Crippen molar-refractivity contribution in [1.82, 2.24) is 4.90 Å². The zero-order chi connectivity index (χ0) is 21.8. The smallest absolute Gasteiger partial charge is 0.295 e. The van der Waals surface area contributed by atoms with Gasteiger partial charge in [-0.15, -0.1) is 0 Å². The molecule has 0 radical (unpaired) electrons. The number of nitrogens with zero attached hydrogens (tertiary/aromatic N) is 1. The lowest BCUT2D eigenvalue weighted by molar-refractivity contribution is -0.858. The van der Waals surface area contributed by atoms with Gasteiger partial charge in [-0.1, -0.05) is 11.8 Å². The SMILES string of the molecule is COc1ccc(C([O-])=C2C(=O)C(=O)N(CCC[NH+](C)C)C2c2ccco2)cc1OC. The number of Topliss-reactive ketones (excluding diaryl/α,β-unsaturated/α-hetero) is 1. The van der Waals surface area contributed by atoms with Crippen molar-refractivity contribution in [3.05, 3.63) is 53.5 Å². The molecule has 0 saturated carbocycles. The third kappa shape index (κ3) is 4.04. The number of quaternary nitrogens is 1. The summed E-state index contributed by atoms with van der Waals surface area (Å²) in [6.45, 7) is 1.17. The van der Waals surface area contributed by atoms with Gasteiger partial charge in [0.25, 0.3) is 5.91 Å². The molecule has 8 nitrogen and oxygen atoms in total. The van der Waals surface area contributed by atoms with Crippen LogP contribution in [0.1, 0.15) is 23.8 Å². The highest BCUT2D eigenvalue weighted by molar-refractivity contribution is 6.46. The van der Waals surface area contributed by atoms with Crippen molar-refractivity contribution < 1.29 is 33.5 Å². The summed E-state index contributed by atoms with van der Waals surface area (Å²) in [7, 11) is 6.98. The van der Waals surface area contributed by atoms with E-state index in [-0.39, 0.29) is 11.1 Å². The summed E-state index contributed by atoms with van der Waals surface area (Å²) in [5, 5.41) is 13.3. The third-order valence-corrected chi connectivity index (χ3v) is 5.06. The van der Waals surface area contributed by atoms with Crippen molar-refractivity contribution in [1.29, 1.82) is 0 Å². The molecule has 0 spiro atoms. The fourth-order valence-corrected chi connectivity index (χ4v) is 3.58. The Labute approximate surface area is 175 Å². The van der Waals surface area contributed by atoms with Gasteiger partial charge < -0.3 is 28.8 Å². The number of nitrogens with one attached hydrogen (secondary N) is 1. The second-order valence-electron chi connectivity index (χ2n) is 7.37. The molecule has 1 N–H and O–H groups in total. The van der Waals surface area contributed by atoms with E-state index in [1.807, 2.05) is 14.1 Å². The monoisotopic (exact) mass is 414 g/mol. The molecule has 1 aromatic heterocycles. The average Bonchev–Trinajstić information content (AvgIpc) is 3.35. The lowest BCUT2D eigenvalue weighted by Gasteiger charge is -2.26. The number of hydrogen-bond acceptors (Lipinski definition) is 6. The van der Waals surface area contributed by atoms with E-state index in [1.54, 1.807) is 24.3 Å². The van der Waals surface area contributed by atoms with Crippen LogP contribution in [0.5, 0.6) is 11.5 Å². The Bertz CT molecular complexity index is 949. The van der Waals surface area contributed by atoms with Crippen molar-refractivity contribution in [3.63, 3.8) is 0 Å². The second kappa shape index (κ2) is 9.04. The van der Waals surface area contributed by atoms with Crippen LogP contribution in [-0.4, -0.2) is 58.0 Å². The summed E-state index contributed by atoms with van der Waals surface area (Å²) in [6.07, 6.45) is 2.15. The Hall–Kier alpha value is -3.26. The van der Waals surface area contributed by atoms with Crippen LogP contribution in [0.2, 0.25) is 0 Å². The minimum Gasteiger partial charge on any atom is -0.872 e. The highest BCUT2D eigenvalue weighted by Crippen LogP contribution is 2.40. The predicted octanol–water partition coefficient (Wildman–Crippen LogP) is 0.0554. The van der Waals surface area contributed by atoms with Gasteiger partial charge in [0, 0.05) is 18.5 Å². The molecule has 1 amide bonds. The minimum absolute atomic E-state index is 0.112. The Balaban J connectivity index is 2.06. The van der Waals surface area contributed by atoms with Crippen molar-refractivity contribution in [3.8, 4) is 11.5 Å². The fourth-order valence-electron chi connectivity index (χ4n) is 3.58. The number of methoxy groups -OCH3 is 2. The van der Waals surface area contributed by atoms with E-state index < -0.39 is 23.5 Å². The molecule has 2 heterocycles. The first-order chi connectivity index (χ1) is 14.4. The maximum absolute atomic E-state index is 13.3. The van der Waals surface area contributed by atoms with E-state index >= 15 is 0 Å². The zero-order valence-electron chi connectivity index (χ0n) is 17.6. The fraction of sp³-hybridized carbons (Fsp3) is 0.364. The molecule has 30 heavy (non-hydrogen) atoms. The summed E-state index contributed by atoms with van der Waals surface area (Å²) < 4.78 is 16.0. The molecule has 8 heteroatoms. The van der Waals surface area contributed by atoms with Crippen molar-refractivity contribution in [2.24, 2.45) is 0 Å². The predicted molar refractivity (Wildman–Crippen MR) is 107 cm³/mol. The number of hydrogen-bond donors (Lipinski definition) is 1. The van der Waals surface area contributed by atoms with Crippen LogP contribution in [0, 0.1) is 0 Å². The van der Waals surface area contributed by atoms with Gasteiger partial charge in [-0.25, -0.2) is 0 Å². The van der Waals surface area contributed by atoms with Gasteiger partial charge in [-0.05, 0) is 29.8 Å². The molecular weight excluding hydrogens is 388 g/mol. The zero-order valence-corrected chi connectivity index (χ0v) is 17.6. The number of carbonyl (C=O) groups excluding carboxylic acids is 2. The number of likely N-dealkylation sites (tertiary alicyclic amines) is 1. The number of ketones is 1. The Morgan fingerprint density at radius 3 is 2.50 bits per heavy atom. The molecule has 1 aliphatic rings. The summed E-state index contributed by atoms with van der Waals surface area (Å²) in [5.41, 5.74) is 0.124. The van der Waals surface area contributed by atoms with E-state index in [0.717, 1.165) is 6.54 Å². The van der Waals surface area contributed by atoms with E-state index in [4.69, 9.17) is 13.9 Å². The highest BCUT2D eigenvalue weighted by Gasteiger charge is 2.45. The van der Waals surface area contributed by atoms with Crippen LogP contribution in [0.3, 0.4) is 0 Å². The molecular formula is C22H26N2O6. The van der Waals surface area contributed by atoms with Crippen LogP contribution >= 0.6 is 0 Å². The number of carbonyl (C=O) groups is 2. The van der Waals surface area contributed by atoms with E-state index in [0.29, 0.717) is 30.2 Å². The van der Waals surface area contributed by atoms with Crippen molar-refractivity contribution in [2.45, 2.75) is 12.5 Å². The van der Waals surface area contributed by atoms with Gasteiger partial charge in [0.05, 0.1) is 41.1 Å². The average molecular weight is 414 g/mol. The largest absolute Gasteiger partial charge is 0.872 e. The van der Waals surface area contributed by atoms with E-state index in [2.05, 4.69) is 0 Å². The van der Waals surface area contributed by atoms with Crippen LogP contribution in [-0.2, 0) is 9.59 Å². The van der Waals surface area contributed by atoms with Crippen LogP contribution < -0.4 is 19.5 Å². The van der Waals surface area contributed by atoms with Gasteiger partial charge in [-0.2, -0.15) is 0 Å².